The van der Waals surface area contributed by atoms with Gasteiger partial charge in [0, 0.05) is 0 Å². The Kier molecular flexibility index (Phi) is 3.55. The second-order valence-corrected chi connectivity index (χ2v) is 4.95. The maximum atomic E-state index is 10.2. The first kappa shape index (κ1) is 11.5. The van der Waals surface area contributed by atoms with Crippen LogP contribution in [0.1, 0.15) is 46.5 Å². The van der Waals surface area contributed by atoms with Crippen LogP contribution in [-0.2, 0) is 0 Å². The molecule has 4 atom stereocenters. The van der Waals surface area contributed by atoms with E-state index in [9.17, 15) is 10.4 Å². The predicted octanol–water partition coefficient (Wildman–Crippen LogP) is 2.72. The molecule has 0 heterocycles. The van der Waals surface area contributed by atoms with E-state index in [2.05, 4.69) is 19.9 Å². The van der Waals surface area contributed by atoms with Gasteiger partial charge in [0.2, 0.25) is 0 Å². The van der Waals surface area contributed by atoms with E-state index in [1.807, 2.05) is 6.92 Å². The number of rotatable bonds is 3. The molecule has 1 rings (SSSR count). The van der Waals surface area contributed by atoms with Gasteiger partial charge in [-0.2, -0.15) is 5.26 Å². The van der Waals surface area contributed by atoms with E-state index in [0.29, 0.717) is 5.92 Å². The van der Waals surface area contributed by atoms with Crippen LogP contribution in [0.15, 0.2) is 0 Å². The molecule has 14 heavy (non-hydrogen) atoms. The third-order valence-electron chi connectivity index (χ3n) is 3.77. The fraction of sp³-hybridized carbons (Fsp3) is 0.917. The summed E-state index contributed by atoms with van der Waals surface area (Å²) in [5.74, 6) is 0.827. The van der Waals surface area contributed by atoms with Gasteiger partial charge >= 0.3 is 0 Å². The van der Waals surface area contributed by atoms with Crippen LogP contribution in [0.2, 0.25) is 0 Å². The van der Waals surface area contributed by atoms with Crippen LogP contribution in [0.5, 0.6) is 0 Å². The molecule has 80 valence electrons. The minimum Gasteiger partial charge on any atom is -0.391 e. The minimum atomic E-state index is -0.450. The number of aliphatic hydroxyl groups excluding tert-OH is 1. The van der Waals surface area contributed by atoms with E-state index in [4.69, 9.17) is 0 Å². The van der Waals surface area contributed by atoms with Crippen molar-refractivity contribution in [1.29, 1.82) is 5.26 Å². The highest BCUT2D eigenvalue weighted by Gasteiger charge is 2.45. The lowest BCUT2D eigenvalue weighted by Crippen LogP contribution is -2.36. The van der Waals surface area contributed by atoms with Crippen LogP contribution in [-0.4, -0.2) is 11.2 Å². The Morgan fingerprint density at radius 3 is 2.64 bits per heavy atom. The van der Waals surface area contributed by atoms with E-state index in [0.717, 1.165) is 25.7 Å². The third kappa shape index (κ3) is 1.93. The molecule has 0 aromatic heterocycles. The van der Waals surface area contributed by atoms with Gasteiger partial charge in [0.1, 0.15) is 0 Å². The standard InChI is InChI=1S/C12H21NO/c1-4-10(3)11(14)12(8-13)6-5-9(2)7-12/h9-11,14H,4-7H2,1-3H3. The van der Waals surface area contributed by atoms with Crippen molar-refractivity contribution in [3.8, 4) is 6.07 Å². The summed E-state index contributed by atoms with van der Waals surface area (Å²) in [6, 6.07) is 2.37. The molecule has 0 bridgehead atoms. The van der Waals surface area contributed by atoms with Crippen LogP contribution in [0.25, 0.3) is 0 Å². The molecule has 1 fully saturated rings. The Balaban J connectivity index is 2.76. The molecule has 0 aliphatic heterocycles. The Bertz CT molecular complexity index is 233. The summed E-state index contributed by atoms with van der Waals surface area (Å²) in [4.78, 5) is 0. The van der Waals surface area contributed by atoms with E-state index < -0.39 is 11.5 Å². The van der Waals surface area contributed by atoms with E-state index >= 15 is 0 Å². The summed E-state index contributed by atoms with van der Waals surface area (Å²) in [6.45, 7) is 6.27. The topological polar surface area (TPSA) is 44.0 Å². The fourth-order valence-electron chi connectivity index (χ4n) is 2.53. The maximum Gasteiger partial charge on any atom is 0.0837 e. The fourth-order valence-corrected chi connectivity index (χ4v) is 2.53. The van der Waals surface area contributed by atoms with Gasteiger partial charge in [0.05, 0.1) is 17.6 Å². The van der Waals surface area contributed by atoms with Gasteiger partial charge in [-0.25, -0.2) is 0 Å². The highest BCUT2D eigenvalue weighted by Crippen LogP contribution is 2.45. The minimum absolute atomic E-state index is 0.236. The molecule has 0 radical (unpaired) electrons. The molecule has 0 aromatic carbocycles. The zero-order valence-electron chi connectivity index (χ0n) is 9.45. The van der Waals surface area contributed by atoms with Crippen LogP contribution in [0.3, 0.4) is 0 Å². The second kappa shape index (κ2) is 4.31. The van der Waals surface area contributed by atoms with Gasteiger partial charge in [-0.1, -0.05) is 27.2 Å². The average molecular weight is 195 g/mol. The van der Waals surface area contributed by atoms with Crippen LogP contribution in [0, 0.1) is 28.6 Å². The quantitative estimate of drug-likeness (QED) is 0.752. The molecule has 0 saturated heterocycles. The predicted molar refractivity (Wildman–Crippen MR) is 56.5 cm³/mol. The molecule has 2 heteroatoms. The summed E-state index contributed by atoms with van der Waals surface area (Å²) >= 11 is 0. The van der Waals surface area contributed by atoms with Crippen molar-refractivity contribution >= 4 is 0 Å². The molecule has 1 aliphatic carbocycles. The van der Waals surface area contributed by atoms with Crippen molar-refractivity contribution in [3.63, 3.8) is 0 Å². The van der Waals surface area contributed by atoms with Crippen LogP contribution in [0.4, 0.5) is 0 Å². The van der Waals surface area contributed by atoms with E-state index in [1.165, 1.54) is 0 Å². The molecular formula is C12H21NO. The summed E-state index contributed by atoms with van der Waals surface area (Å²) in [5.41, 5.74) is -0.450. The first-order chi connectivity index (χ1) is 6.55. The summed E-state index contributed by atoms with van der Waals surface area (Å²) in [7, 11) is 0. The van der Waals surface area contributed by atoms with Crippen molar-refractivity contribution in [2.24, 2.45) is 17.3 Å². The Hall–Kier alpha value is -0.550. The maximum absolute atomic E-state index is 10.2. The second-order valence-electron chi connectivity index (χ2n) is 4.95. The van der Waals surface area contributed by atoms with Crippen molar-refractivity contribution < 1.29 is 5.11 Å². The molecule has 0 amide bonds. The van der Waals surface area contributed by atoms with E-state index in [1.54, 1.807) is 0 Å². The third-order valence-corrected chi connectivity index (χ3v) is 3.77. The zero-order chi connectivity index (χ0) is 10.8. The smallest absolute Gasteiger partial charge is 0.0837 e. The summed E-state index contributed by atoms with van der Waals surface area (Å²) in [6.07, 6.45) is 3.33. The van der Waals surface area contributed by atoms with Gasteiger partial charge in [-0.05, 0) is 31.1 Å². The Labute approximate surface area is 86.9 Å². The molecule has 2 nitrogen and oxygen atoms in total. The number of hydrogen-bond donors (Lipinski definition) is 1. The van der Waals surface area contributed by atoms with Gasteiger partial charge in [-0.3, -0.25) is 0 Å². The van der Waals surface area contributed by atoms with Crippen molar-refractivity contribution in [3.05, 3.63) is 0 Å². The molecule has 1 saturated carbocycles. The lowest BCUT2D eigenvalue weighted by Gasteiger charge is -2.31. The molecular weight excluding hydrogens is 174 g/mol. The van der Waals surface area contributed by atoms with Gasteiger partial charge in [0.15, 0.2) is 0 Å². The monoisotopic (exact) mass is 195 g/mol. The summed E-state index contributed by atoms with van der Waals surface area (Å²) in [5, 5.41) is 19.4. The van der Waals surface area contributed by atoms with Gasteiger partial charge in [-0.15, -0.1) is 0 Å². The SMILES string of the molecule is CCC(C)C(O)C1(C#N)CCC(C)C1. The molecule has 0 spiro atoms. The van der Waals surface area contributed by atoms with Crippen molar-refractivity contribution in [2.75, 3.05) is 0 Å². The highest BCUT2D eigenvalue weighted by molar-refractivity contribution is 5.08. The Morgan fingerprint density at radius 1 is 1.64 bits per heavy atom. The lowest BCUT2D eigenvalue weighted by atomic mass is 9.75. The molecule has 4 unspecified atom stereocenters. The molecule has 1 N–H and O–H groups in total. The lowest BCUT2D eigenvalue weighted by molar-refractivity contribution is 0.0192. The highest BCUT2D eigenvalue weighted by atomic mass is 16.3. The number of hydrogen-bond acceptors (Lipinski definition) is 2. The van der Waals surface area contributed by atoms with Crippen molar-refractivity contribution in [2.45, 2.75) is 52.6 Å². The van der Waals surface area contributed by atoms with Crippen molar-refractivity contribution in [1.82, 2.24) is 0 Å². The average Bonchev–Trinajstić information content (AvgIpc) is 2.59. The van der Waals surface area contributed by atoms with E-state index in [-0.39, 0.29) is 5.92 Å². The normalized spacial score (nSPS) is 36.4. The molecule has 0 aromatic rings. The zero-order valence-corrected chi connectivity index (χ0v) is 9.45. The number of nitrogens with zero attached hydrogens (tertiary/aromatic N) is 1. The first-order valence-corrected chi connectivity index (χ1v) is 5.65. The largest absolute Gasteiger partial charge is 0.391 e. The van der Waals surface area contributed by atoms with Crippen LogP contribution < -0.4 is 0 Å². The summed E-state index contributed by atoms with van der Waals surface area (Å²) < 4.78 is 0. The van der Waals surface area contributed by atoms with Gasteiger partial charge in [0.25, 0.3) is 0 Å². The number of aliphatic hydroxyl groups is 1. The number of nitriles is 1. The van der Waals surface area contributed by atoms with Crippen LogP contribution >= 0.6 is 0 Å². The Morgan fingerprint density at radius 2 is 2.29 bits per heavy atom. The van der Waals surface area contributed by atoms with Gasteiger partial charge < -0.3 is 5.11 Å². The molecule has 1 aliphatic rings. The first-order valence-electron chi connectivity index (χ1n) is 5.65.